The lowest BCUT2D eigenvalue weighted by molar-refractivity contribution is -0.140. The first-order chi connectivity index (χ1) is 15.5. The molecule has 0 bridgehead atoms. The molecule has 1 aromatic heterocycles. The number of nitrogens with one attached hydrogen (secondary N) is 1. The number of amidine groups is 1. The van der Waals surface area contributed by atoms with E-state index in [1.54, 1.807) is 12.3 Å². The summed E-state index contributed by atoms with van der Waals surface area (Å²) in [6.07, 6.45) is 5.08. The molecule has 4 rings (SSSR count). The average molecular weight is 455 g/mol. The van der Waals surface area contributed by atoms with E-state index in [9.17, 15) is 9.90 Å². The first-order valence-corrected chi connectivity index (χ1v) is 11.3. The molecule has 0 saturated heterocycles. The Balaban J connectivity index is 1.73. The Morgan fingerprint density at radius 1 is 1.34 bits per heavy atom. The molecule has 168 valence electrons. The van der Waals surface area contributed by atoms with Crippen molar-refractivity contribution in [2.24, 2.45) is 15.9 Å². The van der Waals surface area contributed by atoms with Crippen LogP contribution in [0.15, 0.2) is 52.6 Å². The van der Waals surface area contributed by atoms with E-state index < -0.39 is 12.1 Å². The Morgan fingerprint density at radius 2 is 2.19 bits per heavy atom. The molecule has 0 radical (unpaired) electrons. The predicted octanol–water partition coefficient (Wildman–Crippen LogP) is 3.88. The molecule has 1 aliphatic heterocycles. The fraction of sp³-hybridized carbons (Fsp3) is 0.417. The summed E-state index contributed by atoms with van der Waals surface area (Å²) < 4.78 is 4.83. The standard InChI is InChI=1S/C24H27ClN4O3/c1-32-22(31)11-10-20-24(27-14-21(30)15-5-4-6-15)29-18-9-8-16(25)13-17(18)23(28-20)19-7-2-3-12-26-19/h2-3,7-9,12-13,15,20-21,30H,4-6,10-11,14H2,1H3,(H,27,29)/t20-,21?/m0/s1. The lowest BCUT2D eigenvalue weighted by atomic mass is 9.81. The number of aliphatic hydroxyl groups excluding tert-OH is 1. The normalized spacial score (nSPS) is 20.4. The number of fused-ring (bicyclic) bond motifs is 1. The van der Waals surface area contributed by atoms with Gasteiger partial charge in [-0.3, -0.25) is 19.8 Å². The maximum atomic E-state index is 11.9. The van der Waals surface area contributed by atoms with Crippen LogP contribution in [0.5, 0.6) is 0 Å². The van der Waals surface area contributed by atoms with Crippen molar-refractivity contribution in [1.82, 2.24) is 4.98 Å². The highest BCUT2D eigenvalue weighted by molar-refractivity contribution is 6.32. The van der Waals surface area contributed by atoms with Gasteiger partial charge in [0, 0.05) is 28.9 Å². The van der Waals surface area contributed by atoms with Crippen LogP contribution < -0.4 is 5.32 Å². The lowest BCUT2D eigenvalue weighted by Crippen LogP contribution is -2.32. The minimum Gasteiger partial charge on any atom is -0.469 e. The van der Waals surface area contributed by atoms with Gasteiger partial charge < -0.3 is 15.2 Å². The molecule has 1 saturated carbocycles. The fourth-order valence-corrected chi connectivity index (χ4v) is 4.08. The number of pyridine rings is 1. The maximum Gasteiger partial charge on any atom is 0.305 e. The fourth-order valence-electron chi connectivity index (χ4n) is 3.90. The number of esters is 1. The van der Waals surface area contributed by atoms with Crippen LogP contribution in [0.4, 0.5) is 5.69 Å². The summed E-state index contributed by atoms with van der Waals surface area (Å²) in [5.74, 6) is 0.609. The maximum absolute atomic E-state index is 11.9. The molecule has 0 amide bonds. The molecule has 1 aliphatic carbocycles. The lowest BCUT2D eigenvalue weighted by Gasteiger charge is -2.29. The van der Waals surface area contributed by atoms with Crippen molar-refractivity contribution in [3.63, 3.8) is 0 Å². The SMILES string of the molecule is COC(=O)CC[C@@H]1N=C(c2ccccn2)c2cc(Cl)ccc2NC1=NCC(O)C1CCC1. The number of hydrogen-bond acceptors (Lipinski definition) is 6. The number of aliphatic hydroxyl groups is 1. The molecule has 32 heavy (non-hydrogen) atoms. The summed E-state index contributed by atoms with van der Waals surface area (Å²) in [6, 6.07) is 10.8. The van der Waals surface area contributed by atoms with Gasteiger partial charge in [-0.1, -0.05) is 24.1 Å². The van der Waals surface area contributed by atoms with Gasteiger partial charge in [-0.2, -0.15) is 0 Å². The summed E-state index contributed by atoms with van der Waals surface area (Å²) in [5.41, 5.74) is 2.99. The van der Waals surface area contributed by atoms with Crippen molar-refractivity contribution in [2.75, 3.05) is 19.0 Å². The highest BCUT2D eigenvalue weighted by Gasteiger charge is 2.28. The predicted molar refractivity (Wildman–Crippen MR) is 126 cm³/mol. The number of carbonyl (C=O) groups excluding carboxylic acids is 1. The zero-order valence-corrected chi connectivity index (χ0v) is 18.8. The van der Waals surface area contributed by atoms with E-state index in [2.05, 4.69) is 10.3 Å². The number of anilines is 1. The average Bonchev–Trinajstić information content (AvgIpc) is 2.92. The van der Waals surface area contributed by atoms with E-state index in [1.807, 2.05) is 30.3 Å². The van der Waals surface area contributed by atoms with Crippen LogP contribution in [0.1, 0.15) is 43.4 Å². The van der Waals surface area contributed by atoms with E-state index in [0.29, 0.717) is 41.1 Å². The minimum absolute atomic E-state index is 0.198. The first kappa shape index (κ1) is 22.4. The van der Waals surface area contributed by atoms with Crippen molar-refractivity contribution in [3.05, 3.63) is 58.9 Å². The van der Waals surface area contributed by atoms with Gasteiger partial charge in [0.05, 0.1) is 31.2 Å². The van der Waals surface area contributed by atoms with Crippen molar-refractivity contribution in [1.29, 1.82) is 0 Å². The van der Waals surface area contributed by atoms with Crippen LogP contribution in [0.3, 0.4) is 0 Å². The minimum atomic E-state index is -0.480. The van der Waals surface area contributed by atoms with E-state index in [1.165, 1.54) is 7.11 Å². The Hall–Kier alpha value is -2.77. The summed E-state index contributed by atoms with van der Waals surface area (Å²) >= 11 is 6.31. The Morgan fingerprint density at radius 3 is 2.88 bits per heavy atom. The quantitative estimate of drug-likeness (QED) is 0.619. The second kappa shape index (κ2) is 10.2. The van der Waals surface area contributed by atoms with Crippen molar-refractivity contribution in [2.45, 2.75) is 44.2 Å². The molecule has 8 heteroatoms. The number of benzodiazepines with no additional fused rings is 1. The Bertz CT molecular complexity index is 1020. The molecule has 7 nitrogen and oxygen atoms in total. The van der Waals surface area contributed by atoms with Gasteiger partial charge in [-0.15, -0.1) is 0 Å². The van der Waals surface area contributed by atoms with Crippen LogP contribution in [-0.4, -0.2) is 53.4 Å². The van der Waals surface area contributed by atoms with Crippen molar-refractivity contribution < 1.29 is 14.6 Å². The number of benzene rings is 1. The Labute approximate surface area is 192 Å². The monoisotopic (exact) mass is 454 g/mol. The third kappa shape index (κ3) is 5.16. The molecule has 1 fully saturated rings. The molecule has 2 N–H and O–H groups in total. The van der Waals surface area contributed by atoms with E-state index in [-0.39, 0.29) is 12.4 Å². The van der Waals surface area contributed by atoms with E-state index in [0.717, 1.165) is 30.5 Å². The third-order valence-electron chi connectivity index (χ3n) is 6.00. The number of aliphatic imine (C=N–C) groups is 2. The van der Waals surface area contributed by atoms with Crippen molar-refractivity contribution >= 4 is 34.8 Å². The molecule has 2 heterocycles. The van der Waals surface area contributed by atoms with E-state index in [4.69, 9.17) is 26.3 Å². The van der Waals surface area contributed by atoms with Gasteiger partial charge in [-0.25, -0.2) is 0 Å². The van der Waals surface area contributed by atoms with E-state index >= 15 is 0 Å². The summed E-state index contributed by atoms with van der Waals surface area (Å²) in [5, 5.41) is 14.5. The number of hydrogen-bond donors (Lipinski definition) is 2. The summed E-state index contributed by atoms with van der Waals surface area (Å²) in [7, 11) is 1.37. The van der Waals surface area contributed by atoms with Crippen LogP contribution in [-0.2, 0) is 9.53 Å². The number of carbonyl (C=O) groups is 1. The summed E-state index contributed by atoms with van der Waals surface area (Å²) in [6.45, 7) is 0.291. The molecule has 0 spiro atoms. The number of ether oxygens (including phenoxy) is 1. The van der Waals surface area contributed by atoms with Gasteiger partial charge in [0.1, 0.15) is 11.9 Å². The van der Waals surface area contributed by atoms with Crippen molar-refractivity contribution in [3.8, 4) is 0 Å². The van der Waals surface area contributed by atoms with Crippen LogP contribution in [0, 0.1) is 5.92 Å². The molecule has 2 aliphatic rings. The third-order valence-corrected chi connectivity index (χ3v) is 6.23. The van der Waals surface area contributed by atoms with Crippen LogP contribution >= 0.6 is 11.6 Å². The molecule has 2 aromatic rings. The molecular weight excluding hydrogens is 428 g/mol. The number of nitrogens with zero attached hydrogens (tertiary/aromatic N) is 3. The molecule has 1 unspecified atom stereocenters. The largest absolute Gasteiger partial charge is 0.469 e. The number of rotatable bonds is 7. The Kier molecular flexibility index (Phi) is 7.17. The second-order valence-corrected chi connectivity index (χ2v) is 8.56. The zero-order valence-electron chi connectivity index (χ0n) is 18.0. The molecule has 2 atom stereocenters. The highest BCUT2D eigenvalue weighted by Crippen LogP contribution is 2.31. The molecular formula is C24H27ClN4O3. The number of halogens is 1. The van der Waals surface area contributed by atoms with Gasteiger partial charge in [0.15, 0.2) is 0 Å². The molecule has 1 aromatic carbocycles. The highest BCUT2D eigenvalue weighted by atomic mass is 35.5. The topological polar surface area (TPSA) is 96.2 Å². The number of aromatic nitrogens is 1. The smallest absolute Gasteiger partial charge is 0.305 e. The summed E-state index contributed by atoms with van der Waals surface area (Å²) in [4.78, 5) is 26.1. The van der Waals surface area contributed by atoms with Gasteiger partial charge >= 0.3 is 5.97 Å². The number of methoxy groups -OCH3 is 1. The van der Waals surface area contributed by atoms with Gasteiger partial charge in [0.25, 0.3) is 0 Å². The van der Waals surface area contributed by atoms with Gasteiger partial charge in [-0.05, 0) is 55.5 Å². The first-order valence-electron chi connectivity index (χ1n) is 10.9. The second-order valence-electron chi connectivity index (χ2n) is 8.12. The van der Waals surface area contributed by atoms with Crippen LogP contribution in [0.2, 0.25) is 5.02 Å². The van der Waals surface area contributed by atoms with Gasteiger partial charge in [0.2, 0.25) is 0 Å². The van der Waals surface area contributed by atoms with Crippen LogP contribution in [0.25, 0.3) is 0 Å². The zero-order chi connectivity index (χ0) is 22.5.